The van der Waals surface area contributed by atoms with Gasteiger partial charge in [-0.25, -0.2) is 4.79 Å². The van der Waals surface area contributed by atoms with Crippen LogP contribution in [-0.4, -0.2) is 82.0 Å². The Morgan fingerprint density at radius 1 is 1.17 bits per heavy atom. The predicted molar refractivity (Wildman–Crippen MR) is 105 cm³/mol. The van der Waals surface area contributed by atoms with E-state index in [1.807, 2.05) is 0 Å². The first kappa shape index (κ1) is 25.3. The second-order valence-electron chi connectivity index (χ2n) is 7.61. The molecule has 4 amide bonds. The number of carbonyl (C=O) groups excluding carboxylic acids is 4. The van der Waals surface area contributed by atoms with Gasteiger partial charge in [0.05, 0.1) is 6.61 Å². The minimum Gasteiger partial charge on any atom is -0.480 e. The summed E-state index contributed by atoms with van der Waals surface area (Å²) in [6.07, 6.45) is 0.477. The van der Waals surface area contributed by atoms with Gasteiger partial charge in [-0.3, -0.25) is 19.2 Å². The highest BCUT2D eigenvalue weighted by atomic mass is 16.4. The Labute approximate surface area is 174 Å². The molecule has 0 radical (unpaired) electrons. The first-order valence-electron chi connectivity index (χ1n) is 9.78. The first-order valence-corrected chi connectivity index (χ1v) is 9.78. The Hall–Kier alpha value is -2.73. The number of aliphatic hydroxyl groups excluding tert-OH is 1. The third-order valence-electron chi connectivity index (χ3n) is 4.90. The van der Waals surface area contributed by atoms with Crippen LogP contribution in [0.1, 0.15) is 39.5 Å². The van der Waals surface area contributed by atoms with Gasteiger partial charge in [-0.2, -0.15) is 0 Å². The maximum Gasteiger partial charge on any atom is 0.326 e. The number of nitrogens with one attached hydrogen (secondary N) is 2. The number of likely N-dealkylation sites (tertiary alicyclic amines) is 1. The van der Waals surface area contributed by atoms with Crippen LogP contribution in [0, 0.1) is 5.92 Å². The Morgan fingerprint density at radius 3 is 2.30 bits per heavy atom. The monoisotopic (exact) mass is 429 g/mol. The van der Waals surface area contributed by atoms with E-state index in [0.29, 0.717) is 12.8 Å². The van der Waals surface area contributed by atoms with E-state index in [1.165, 1.54) is 4.90 Å². The van der Waals surface area contributed by atoms with Gasteiger partial charge in [0.1, 0.15) is 24.2 Å². The van der Waals surface area contributed by atoms with Gasteiger partial charge in [0.2, 0.25) is 23.6 Å². The number of amides is 4. The summed E-state index contributed by atoms with van der Waals surface area (Å²) >= 11 is 0. The molecule has 170 valence electrons. The molecule has 12 heteroatoms. The van der Waals surface area contributed by atoms with E-state index >= 15 is 0 Å². The van der Waals surface area contributed by atoms with E-state index in [-0.39, 0.29) is 25.3 Å². The Balaban J connectivity index is 2.90. The third-order valence-corrected chi connectivity index (χ3v) is 4.90. The topological polar surface area (TPSA) is 205 Å². The van der Waals surface area contributed by atoms with Gasteiger partial charge in [0.25, 0.3) is 0 Å². The normalized spacial score (nSPS) is 19.1. The van der Waals surface area contributed by atoms with E-state index in [0.717, 1.165) is 0 Å². The van der Waals surface area contributed by atoms with Crippen LogP contribution in [0.2, 0.25) is 0 Å². The highest BCUT2D eigenvalue weighted by Crippen LogP contribution is 2.21. The van der Waals surface area contributed by atoms with Gasteiger partial charge < -0.3 is 37.2 Å². The number of aliphatic hydroxyl groups is 1. The predicted octanol–water partition coefficient (Wildman–Crippen LogP) is -2.73. The average Bonchev–Trinajstić information content (AvgIpc) is 3.17. The highest BCUT2D eigenvalue weighted by molar-refractivity contribution is 5.94. The second kappa shape index (κ2) is 11.5. The summed E-state index contributed by atoms with van der Waals surface area (Å²) in [6.45, 7) is 3.11. The van der Waals surface area contributed by atoms with Crippen LogP contribution in [0.5, 0.6) is 0 Å². The zero-order chi connectivity index (χ0) is 23.0. The fourth-order valence-corrected chi connectivity index (χ4v) is 3.15. The number of rotatable bonds is 11. The summed E-state index contributed by atoms with van der Waals surface area (Å²) in [5.41, 5.74) is 10.5. The summed E-state index contributed by atoms with van der Waals surface area (Å²) in [6, 6.07) is -4.37. The van der Waals surface area contributed by atoms with Crippen LogP contribution in [0.25, 0.3) is 0 Å². The highest BCUT2D eigenvalue weighted by Gasteiger charge is 2.39. The molecular formula is C18H31N5O7. The minimum absolute atomic E-state index is 0.166. The number of hydrogen-bond acceptors (Lipinski definition) is 7. The minimum atomic E-state index is -1.31. The molecule has 30 heavy (non-hydrogen) atoms. The van der Waals surface area contributed by atoms with E-state index in [4.69, 9.17) is 16.6 Å². The van der Waals surface area contributed by atoms with Crippen molar-refractivity contribution in [1.29, 1.82) is 0 Å². The Morgan fingerprint density at radius 2 is 1.80 bits per heavy atom. The zero-order valence-electron chi connectivity index (χ0n) is 17.2. The lowest BCUT2D eigenvalue weighted by Crippen LogP contribution is -2.58. The number of primary amides is 1. The molecule has 0 aromatic heterocycles. The van der Waals surface area contributed by atoms with E-state index < -0.39 is 60.4 Å². The van der Waals surface area contributed by atoms with Crippen LogP contribution in [0.4, 0.5) is 0 Å². The molecule has 8 N–H and O–H groups in total. The number of carboxylic acid groups (broad SMARTS) is 1. The first-order chi connectivity index (χ1) is 14.0. The Bertz CT molecular complexity index is 669. The van der Waals surface area contributed by atoms with Crippen molar-refractivity contribution in [2.24, 2.45) is 17.4 Å². The van der Waals surface area contributed by atoms with Gasteiger partial charge >= 0.3 is 5.97 Å². The van der Waals surface area contributed by atoms with Gasteiger partial charge in [0.15, 0.2) is 0 Å². The number of aliphatic carboxylic acids is 1. The number of nitrogens with two attached hydrogens (primary N) is 2. The standard InChI is InChI=1S/C18H31N5O7/c1-9(2)14(22-15(26)10(19)8-24)17(28)23-7-3-4-12(23)16(27)21-11(18(29)30)5-6-13(20)25/h9-12,14,24H,3-8,19H2,1-2H3,(H2,20,25)(H,21,27)(H,22,26)(H,29,30). The van der Waals surface area contributed by atoms with E-state index in [9.17, 15) is 29.1 Å². The number of nitrogens with zero attached hydrogens (tertiary/aromatic N) is 1. The van der Waals surface area contributed by atoms with Gasteiger partial charge in [-0.1, -0.05) is 13.8 Å². The number of carboxylic acids is 1. The summed E-state index contributed by atoms with van der Waals surface area (Å²) < 4.78 is 0. The lowest BCUT2D eigenvalue weighted by molar-refractivity contribution is -0.145. The van der Waals surface area contributed by atoms with E-state index in [1.54, 1.807) is 13.8 Å². The van der Waals surface area contributed by atoms with Crippen molar-refractivity contribution in [3.05, 3.63) is 0 Å². The van der Waals surface area contributed by atoms with Crippen LogP contribution in [0.3, 0.4) is 0 Å². The van der Waals surface area contributed by atoms with Gasteiger partial charge in [-0.15, -0.1) is 0 Å². The lowest BCUT2D eigenvalue weighted by atomic mass is 10.0. The molecule has 1 heterocycles. The molecule has 1 saturated heterocycles. The number of carbonyl (C=O) groups is 5. The molecule has 0 aromatic carbocycles. The van der Waals surface area contributed by atoms with Crippen molar-refractivity contribution in [3.63, 3.8) is 0 Å². The maximum atomic E-state index is 13.0. The van der Waals surface area contributed by atoms with Crippen molar-refractivity contribution in [2.75, 3.05) is 13.2 Å². The third kappa shape index (κ3) is 6.95. The summed E-state index contributed by atoms with van der Waals surface area (Å²) in [5, 5.41) is 23.1. The fraction of sp³-hybridized carbons (Fsp3) is 0.722. The second-order valence-corrected chi connectivity index (χ2v) is 7.61. The van der Waals surface area contributed by atoms with Crippen molar-refractivity contribution in [1.82, 2.24) is 15.5 Å². The van der Waals surface area contributed by atoms with E-state index in [2.05, 4.69) is 10.6 Å². The average molecular weight is 429 g/mol. The van der Waals surface area contributed by atoms with Crippen LogP contribution < -0.4 is 22.1 Å². The van der Waals surface area contributed by atoms with Crippen LogP contribution >= 0.6 is 0 Å². The van der Waals surface area contributed by atoms with Crippen LogP contribution in [0.15, 0.2) is 0 Å². The molecule has 1 aliphatic heterocycles. The molecule has 0 aromatic rings. The summed E-state index contributed by atoms with van der Waals surface area (Å²) in [4.78, 5) is 61.3. The molecule has 12 nitrogen and oxygen atoms in total. The van der Waals surface area contributed by atoms with Crippen molar-refractivity contribution in [3.8, 4) is 0 Å². The SMILES string of the molecule is CC(C)C(NC(=O)C(N)CO)C(=O)N1CCCC1C(=O)NC(CCC(N)=O)C(=O)O. The summed E-state index contributed by atoms with van der Waals surface area (Å²) in [5.74, 6) is -4.17. The molecule has 0 spiro atoms. The molecule has 0 bridgehead atoms. The molecule has 4 atom stereocenters. The van der Waals surface area contributed by atoms with Crippen molar-refractivity contribution < 1.29 is 34.2 Å². The smallest absolute Gasteiger partial charge is 0.326 e. The largest absolute Gasteiger partial charge is 0.480 e. The molecule has 0 aliphatic carbocycles. The zero-order valence-corrected chi connectivity index (χ0v) is 17.2. The quantitative estimate of drug-likeness (QED) is 0.203. The molecule has 1 fully saturated rings. The molecular weight excluding hydrogens is 398 g/mol. The van der Waals surface area contributed by atoms with Crippen molar-refractivity contribution in [2.45, 2.75) is 63.7 Å². The molecule has 1 rings (SSSR count). The summed E-state index contributed by atoms with van der Waals surface area (Å²) in [7, 11) is 0. The molecule has 1 aliphatic rings. The van der Waals surface area contributed by atoms with Gasteiger partial charge in [-0.05, 0) is 25.2 Å². The van der Waals surface area contributed by atoms with Crippen molar-refractivity contribution >= 4 is 29.6 Å². The Kier molecular flexibility index (Phi) is 9.66. The fourth-order valence-electron chi connectivity index (χ4n) is 3.15. The number of hydrogen-bond donors (Lipinski definition) is 6. The molecule has 0 saturated carbocycles. The van der Waals surface area contributed by atoms with Crippen LogP contribution in [-0.2, 0) is 24.0 Å². The maximum absolute atomic E-state index is 13.0. The lowest BCUT2D eigenvalue weighted by Gasteiger charge is -2.31. The van der Waals surface area contributed by atoms with Gasteiger partial charge in [0, 0.05) is 13.0 Å². The molecule has 4 unspecified atom stereocenters.